The Balaban J connectivity index is 1.94. The van der Waals surface area contributed by atoms with Gasteiger partial charge in [0.1, 0.15) is 18.2 Å². The number of carbonyl (C=O) groups is 1. The minimum absolute atomic E-state index is 0.0240. The Bertz CT molecular complexity index is 628. The number of anilines is 1. The van der Waals surface area contributed by atoms with E-state index in [0.29, 0.717) is 24.5 Å². The van der Waals surface area contributed by atoms with Crippen molar-refractivity contribution in [3.63, 3.8) is 0 Å². The minimum atomic E-state index is -0.262. The van der Waals surface area contributed by atoms with Gasteiger partial charge in [0.05, 0.1) is 12.1 Å². The molecule has 4 heteroatoms. The lowest BCUT2D eigenvalue weighted by molar-refractivity contribution is 0.101. The SMILES string of the molecule is CC(=O)c1ccccc1OCCN(C)c1cccc(F)c1. The Kier molecular flexibility index (Phi) is 4.93. The number of para-hydroxylation sites is 1. The Morgan fingerprint density at radius 2 is 1.95 bits per heavy atom. The molecule has 0 aromatic heterocycles. The molecule has 0 fully saturated rings. The molecule has 0 bridgehead atoms. The van der Waals surface area contributed by atoms with E-state index >= 15 is 0 Å². The molecule has 0 saturated heterocycles. The number of rotatable bonds is 6. The molecule has 3 nitrogen and oxygen atoms in total. The highest BCUT2D eigenvalue weighted by molar-refractivity contribution is 5.96. The lowest BCUT2D eigenvalue weighted by Gasteiger charge is -2.20. The van der Waals surface area contributed by atoms with E-state index in [1.807, 2.05) is 30.1 Å². The van der Waals surface area contributed by atoms with E-state index in [1.54, 1.807) is 18.2 Å². The molecule has 2 aromatic carbocycles. The van der Waals surface area contributed by atoms with Crippen LogP contribution in [0.5, 0.6) is 5.75 Å². The fraction of sp³-hybridized carbons (Fsp3) is 0.235. The first kappa shape index (κ1) is 15.0. The Hall–Kier alpha value is -2.36. The zero-order valence-electron chi connectivity index (χ0n) is 12.2. The van der Waals surface area contributed by atoms with Crippen LogP contribution in [0.15, 0.2) is 48.5 Å². The largest absolute Gasteiger partial charge is 0.491 e. The number of likely N-dealkylation sites (N-methyl/N-ethyl adjacent to an activating group) is 1. The van der Waals surface area contributed by atoms with E-state index < -0.39 is 0 Å². The van der Waals surface area contributed by atoms with Crippen molar-refractivity contribution in [2.75, 3.05) is 25.1 Å². The van der Waals surface area contributed by atoms with Gasteiger partial charge in [-0.05, 0) is 37.3 Å². The van der Waals surface area contributed by atoms with Crippen molar-refractivity contribution >= 4 is 11.5 Å². The zero-order chi connectivity index (χ0) is 15.2. The summed E-state index contributed by atoms with van der Waals surface area (Å²) in [4.78, 5) is 13.4. The van der Waals surface area contributed by atoms with Gasteiger partial charge in [-0.25, -0.2) is 4.39 Å². The number of halogens is 1. The van der Waals surface area contributed by atoms with Crippen molar-refractivity contribution in [1.29, 1.82) is 0 Å². The third-order valence-corrected chi connectivity index (χ3v) is 3.20. The van der Waals surface area contributed by atoms with Crippen molar-refractivity contribution in [1.82, 2.24) is 0 Å². The van der Waals surface area contributed by atoms with Crippen molar-refractivity contribution in [2.45, 2.75) is 6.92 Å². The summed E-state index contributed by atoms with van der Waals surface area (Å²) in [5.74, 6) is 0.295. The van der Waals surface area contributed by atoms with Gasteiger partial charge in [0.25, 0.3) is 0 Å². The highest BCUT2D eigenvalue weighted by Crippen LogP contribution is 2.19. The number of ether oxygens (including phenoxy) is 1. The molecule has 0 atom stereocenters. The summed E-state index contributed by atoms with van der Waals surface area (Å²) in [6.07, 6.45) is 0. The first-order chi connectivity index (χ1) is 10.1. The molecule has 2 aromatic rings. The smallest absolute Gasteiger partial charge is 0.163 e. The third-order valence-electron chi connectivity index (χ3n) is 3.20. The van der Waals surface area contributed by atoms with E-state index in [-0.39, 0.29) is 11.6 Å². The second-order valence-electron chi connectivity index (χ2n) is 4.80. The van der Waals surface area contributed by atoms with Gasteiger partial charge in [-0.2, -0.15) is 0 Å². The summed E-state index contributed by atoms with van der Waals surface area (Å²) >= 11 is 0. The van der Waals surface area contributed by atoms with E-state index in [2.05, 4.69) is 0 Å². The average Bonchev–Trinajstić information content (AvgIpc) is 2.47. The molecule has 0 radical (unpaired) electrons. The predicted molar refractivity (Wildman–Crippen MR) is 81.6 cm³/mol. The van der Waals surface area contributed by atoms with Gasteiger partial charge >= 0.3 is 0 Å². The van der Waals surface area contributed by atoms with Crippen LogP contribution in [0, 0.1) is 5.82 Å². The van der Waals surface area contributed by atoms with Crippen LogP contribution in [-0.2, 0) is 0 Å². The van der Waals surface area contributed by atoms with Gasteiger partial charge in [0.15, 0.2) is 5.78 Å². The second-order valence-corrected chi connectivity index (χ2v) is 4.80. The summed E-state index contributed by atoms with van der Waals surface area (Å²) in [6, 6.07) is 13.6. The number of nitrogens with zero attached hydrogens (tertiary/aromatic N) is 1. The first-order valence-corrected chi connectivity index (χ1v) is 6.77. The van der Waals surface area contributed by atoms with Gasteiger partial charge in [0.2, 0.25) is 0 Å². The minimum Gasteiger partial charge on any atom is -0.491 e. The normalized spacial score (nSPS) is 10.2. The third kappa shape index (κ3) is 4.05. The molecule has 0 N–H and O–H groups in total. The van der Waals surface area contributed by atoms with Gasteiger partial charge in [-0.15, -0.1) is 0 Å². The van der Waals surface area contributed by atoms with Gasteiger partial charge in [-0.3, -0.25) is 4.79 Å². The summed E-state index contributed by atoms with van der Waals surface area (Å²) in [5.41, 5.74) is 1.37. The van der Waals surface area contributed by atoms with Crippen LogP contribution in [0.3, 0.4) is 0 Å². The van der Waals surface area contributed by atoms with Crippen molar-refractivity contribution in [3.8, 4) is 5.75 Å². The average molecular weight is 287 g/mol. The van der Waals surface area contributed by atoms with Crippen LogP contribution in [-0.4, -0.2) is 26.0 Å². The lowest BCUT2D eigenvalue weighted by atomic mass is 10.1. The highest BCUT2D eigenvalue weighted by atomic mass is 19.1. The molecule has 0 heterocycles. The van der Waals surface area contributed by atoms with Crippen molar-refractivity contribution in [2.24, 2.45) is 0 Å². The van der Waals surface area contributed by atoms with Gasteiger partial charge in [0, 0.05) is 12.7 Å². The quantitative estimate of drug-likeness (QED) is 0.761. The Morgan fingerprint density at radius 1 is 1.19 bits per heavy atom. The highest BCUT2D eigenvalue weighted by Gasteiger charge is 2.08. The molecule has 2 rings (SSSR count). The van der Waals surface area contributed by atoms with Crippen molar-refractivity contribution < 1.29 is 13.9 Å². The van der Waals surface area contributed by atoms with Crippen LogP contribution < -0.4 is 9.64 Å². The van der Waals surface area contributed by atoms with E-state index in [9.17, 15) is 9.18 Å². The molecular formula is C17H18FNO2. The topological polar surface area (TPSA) is 29.5 Å². The second kappa shape index (κ2) is 6.88. The summed E-state index contributed by atoms with van der Waals surface area (Å²) in [5, 5.41) is 0. The van der Waals surface area contributed by atoms with Crippen LogP contribution >= 0.6 is 0 Å². The molecule has 0 aliphatic carbocycles. The number of carbonyl (C=O) groups excluding carboxylic acids is 1. The van der Waals surface area contributed by atoms with Crippen LogP contribution in [0.2, 0.25) is 0 Å². The fourth-order valence-electron chi connectivity index (χ4n) is 2.02. The Labute approximate surface area is 124 Å². The maximum Gasteiger partial charge on any atom is 0.163 e. The molecule has 21 heavy (non-hydrogen) atoms. The van der Waals surface area contributed by atoms with Gasteiger partial charge < -0.3 is 9.64 Å². The number of ketones is 1. The number of Topliss-reactive ketones (excluding diaryl/α,β-unsaturated/α-hetero) is 1. The summed E-state index contributed by atoms with van der Waals surface area (Å²) < 4.78 is 18.8. The molecule has 0 aliphatic heterocycles. The zero-order valence-corrected chi connectivity index (χ0v) is 12.2. The first-order valence-electron chi connectivity index (χ1n) is 6.77. The summed E-state index contributed by atoms with van der Waals surface area (Å²) in [6.45, 7) is 2.52. The molecular weight excluding hydrogens is 269 g/mol. The molecule has 0 unspecified atom stereocenters. The van der Waals surface area contributed by atoms with Crippen LogP contribution in [0.4, 0.5) is 10.1 Å². The molecule has 0 amide bonds. The molecule has 0 spiro atoms. The van der Waals surface area contributed by atoms with Crippen molar-refractivity contribution in [3.05, 3.63) is 59.9 Å². The van der Waals surface area contributed by atoms with E-state index in [1.165, 1.54) is 19.1 Å². The van der Waals surface area contributed by atoms with Crippen LogP contribution in [0.25, 0.3) is 0 Å². The summed E-state index contributed by atoms with van der Waals surface area (Å²) in [7, 11) is 1.87. The van der Waals surface area contributed by atoms with E-state index in [0.717, 1.165) is 5.69 Å². The standard InChI is InChI=1S/C17H18FNO2/c1-13(20)16-8-3-4-9-17(16)21-11-10-19(2)15-7-5-6-14(18)12-15/h3-9,12H,10-11H2,1-2H3. The number of hydrogen-bond donors (Lipinski definition) is 0. The Morgan fingerprint density at radius 3 is 2.67 bits per heavy atom. The number of benzene rings is 2. The molecule has 110 valence electrons. The lowest BCUT2D eigenvalue weighted by Crippen LogP contribution is -2.24. The monoisotopic (exact) mass is 287 g/mol. The maximum atomic E-state index is 13.2. The van der Waals surface area contributed by atoms with Gasteiger partial charge in [-0.1, -0.05) is 18.2 Å². The van der Waals surface area contributed by atoms with Crippen LogP contribution in [0.1, 0.15) is 17.3 Å². The molecule has 0 aliphatic rings. The number of hydrogen-bond acceptors (Lipinski definition) is 3. The fourth-order valence-corrected chi connectivity index (χ4v) is 2.02. The molecule has 0 saturated carbocycles. The predicted octanol–water partition coefficient (Wildman–Crippen LogP) is 3.54. The van der Waals surface area contributed by atoms with E-state index in [4.69, 9.17) is 4.74 Å². The maximum absolute atomic E-state index is 13.2.